The van der Waals surface area contributed by atoms with Crippen molar-refractivity contribution in [2.24, 2.45) is 5.92 Å². The Morgan fingerprint density at radius 1 is 1.06 bits per heavy atom. The minimum atomic E-state index is -0.999. The predicted octanol–water partition coefficient (Wildman–Crippen LogP) is 4.36. The van der Waals surface area contributed by atoms with Crippen molar-refractivity contribution in [2.45, 2.75) is 37.6 Å². The molecule has 7 nitrogen and oxygen atoms in total. The van der Waals surface area contributed by atoms with Crippen LogP contribution in [0.1, 0.15) is 42.7 Å². The highest BCUT2D eigenvalue weighted by molar-refractivity contribution is 7.98. The lowest BCUT2D eigenvalue weighted by Crippen LogP contribution is -2.38. The van der Waals surface area contributed by atoms with Gasteiger partial charge in [0, 0.05) is 30.7 Å². The number of rotatable bonds is 10. The number of alkyl carbamates (subject to hydrolysis) is 1. The molecule has 2 aliphatic rings. The molecular weight excluding hydrogens is 464 g/mol. The SMILES string of the molecule is CSCCN(CC(=O)O)C(=O)C[C@@H]1CC[C@H](NC(=O)OCC2c3ccccc3-c3ccccc32)C1. The fraction of sp³-hybridized carbons (Fsp3) is 0.444. The van der Waals surface area contributed by atoms with E-state index in [4.69, 9.17) is 9.84 Å². The molecule has 2 aromatic carbocycles. The molecule has 0 heterocycles. The number of carboxylic acid groups (broad SMARTS) is 1. The van der Waals surface area contributed by atoms with Gasteiger partial charge in [-0.1, -0.05) is 48.5 Å². The number of ether oxygens (including phenoxy) is 1. The monoisotopic (exact) mass is 496 g/mol. The van der Waals surface area contributed by atoms with Gasteiger partial charge in [-0.25, -0.2) is 4.79 Å². The second-order valence-electron chi connectivity index (χ2n) is 9.25. The normalized spacial score (nSPS) is 18.5. The summed E-state index contributed by atoms with van der Waals surface area (Å²) in [4.78, 5) is 37.8. The second kappa shape index (κ2) is 11.6. The number of thioether (sulfide) groups is 1. The fourth-order valence-corrected chi connectivity index (χ4v) is 5.63. The number of hydrogen-bond acceptors (Lipinski definition) is 5. The van der Waals surface area contributed by atoms with E-state index in [1.165, 1.54) is 27.2 Å². The van der Waals surface area contributed by atoms with Crippen molar-refractivity contribution in [3.05, 3.63) is 59.7 Å². The number of hydrogen-bond donors (Lipinski definition) is 2. The van der Waals surface area contributed by atoms with Crippen molar-refractivity contribution in [3.8, 4) is 11.1 Å². The van der Waals surface area contributed by atoms with Gasteiger partial charge in [0.25, 0.3) is 0 Å². The highest BCUT2D eigenvalue weighted by atomic mass is 32.2. The third-order valence-corrected chi connectivity index (χ3v) is 7.51. The third kappa shape index (κ3) is 6.17. The highest BCUT2D eigenvalue weighted by Crippen LogP contribution is 2.44. The average Bonchev–Trinajstić information content (AvgIpc) is 3.41. The molecule has 2 atom stereocenters. The first-order valence-electron chi connectivity index (χ1n) is 12.1. The average molecular weight is 497 g/mol. The summed E-state index contributed by atoms with van der Waals surface area (Å²) in [5, 5.41) is 12.1. The van der Waals surface area contributed by atoms with Crippen LogP contribution in [0.2, 0.25) is 0 Å². The lowest BCUT2D eigenvalue weighted by molar-refractivity contribution is -0.144. The molecule has 35 heavy (non-hydrogen) atoms. The van der Waals surface area contributed by atoms with E-state index in [0.717, 1.165) is 12.8 Å². The van der Waals surface area contributed by atoms with Crippen molar-refractivity contribution in [1.82, 2.24) is 10.2 Å². The molecule has 2 amide bonds. The highest BCUT2D eigenvalue weighted by Gasteiger charge is 2.31. The van der Waals surface area contributed by atoms with Gasteiger partial charge in [-0.3, -0.25) is 9.59 Å². The maximum atomic E-state index is 12.7. The van der Waals surface area contributed by atoms with Crippen LogP contribution in [0.5, 0.6) is 0 Å². The topological polar surface area (TPSA) is 95.9 Å². The Morgan fingerprint density at radius 3 is 2.34 bits per heavy atom. The smallest absolute Gasteiger partial charge is 0.407 e. The Kier molecular flexibility index (Phi) is 8.33. The zero-order valence-electron chi connectivity index (χ0n) is 19.9. The molecule has 0 aromatic heterocycles. The number of benzene rings is 2. The number of carboxylic acids is 1. The van der Waals surface area contributed by atoms with Crippen LogP contribution >= 0.6 is 11.8 Å². The summed E-state index contributed by atoms with van der Waals surface area (Å²) in [7, 11) is 0. The summed E-state index contributed by atoms with van der Waals surface area (Å²) in [6.07, 6.45) is 4.11. The minimum absolute atomic E-state index is 0.0172. The van der Waals surface area contributed by atoms with Gasteiger partial charge in [0.05, 0.1) is 0 Å². The van der Waals surface area contributed by atoms with Gasteiger partial charge >= 0.3 is 12.1 Å². The Morgan fingerprint density at radius 2 is 1.71 bits per heavy atom. The first kappa shape index (κ1) is 25.1. The van der Waals surface area contributed by atoms with E-state index in [1.54, 1.807) is 11.8 Å². The van der Waals surface area contributed by atoms with Gasteiger partial charge in [-0.15, -0.1) is 0 Å². The second-order valence-corrected chi connectivity index (χ2v) is 10.2. The van der Waals surface area contributed by atoms with Crippen molar-refractivity contribution >= 4 is 29.7 Å². The third-order valence-electron chi connectivity index (χ3n) is 6.91. The largest absolute Gasteiger partial charge is 0.480 e. The molecule has 0 radical (unpaired) electrons. The summed E-state index contributed by atoms with van der Waals surface area (Å²) in [5.41, 5.74) is 4.73. The molecular formula is C27H32N2O5S. The van der Waals surface area contributed by atoms with Gasteiger partial charge in [0.1, 0.15) is 13.2 Å². The van der Waals surface area contributed by atoms with E-state index in [-0.39, 0.29) is 36.9 Å². The summed E-state index contributed by atoms with van der Waals surface area (Å²) < 4.78 is 5.65. The van der Waals surface area contributed by atoms with E-state index < -0.39 is 12.1 Å². The quantitative estimate of drug-likeness (QED) is 0.507. The standard InChI is InChI=1S/C27H32N2O5S/c1-35-13-12-29(16-26(31)32)25(30)15-18-10-11-19(14-18)28-27(33)34-17-24-22-8-4-2-6-20(22)21-7-3-5-9-23(21)24/h2-9,18-19,24H,10-17H2,1H3,(H,28,33)(H,31,32)/t18-,19+/m1/s1. The summed E-state index contributed by atoms with van der Waals surface area (Å²) in [6.45, 7) is 0.433. The van der Waals surface area contributed by atoms with Crippen molar-refractivity contribution < 1.29 is 24.2 Å². The van der Waals surface area contributed by atoms with E-state index >= 15 is 0 Å². The Labute approximate surface area is 210 Å². The van der Waals surface area contributed by atoms with E-state index in [0.29, 0.717) is 25.1 Å². The van der Waals surface area contributed by atoms with Crippen LogP contribution < -0.4 is 5.32 Å². The lowest BCUT2D eigenvalue weighted by atomic mass is 9.98. The zero-order valence-corrected chi connectivity index (χ0v) is 20.8. The molecule has 1 saturated carbocycles. The van der Waals surface area contributed by atoms with Crippen LogP contribution in [0.25, 0.3) is 11.1 Å². The molecule has 0 unspecified atom stereocenters. The number of aliphatic carboxylic acids is 1. The molecule has 1 fully saturated rings. The van der Waals surface area contributed by atoms with Gasteiger partial charge in [-0.2, -0.15) is 11.8 Å². The number of fused-ring (bicyclic) bond motifs is 3. The minimum Gasteiger partial charge on any atom is -0.480 e. The van der Waals surface area contributed by atoms with Crippen molar-refractivity contribution in [1.29, 1.82) is 0 Å². The van der Waals surface area contributed by atoms with Crippen molar-refractivity contribution in [3.63, 3.8) is 0 Å². The van der Waals surface area contributed by atoms with E-state index in [2.05, 4.69) is 29.6 Å². The van der Waals surface area contributed by atoms with Gasteiger partial charge in [0.2, 0.25) is 5.91 Å². The summed E-state index contributed by atoms with van der Waals surface area (Å²) in [6, 6.07) is 16.4. The number of carbonyl (C=O) groups excluding carboxylic acids is 2. The first-order chi connectivity index (χ1) is 17.0. The molecule has 2 aromatic rings. The van der Waals surface area contributed by atoms with Gasteiger partial charge in [-0.05, 0) is 53.7 Å². The van der Waals surface area contributed by atoms with Crippen LogP contribution in [-0.4, -0.2) is 65.7 Å². The van der Waals surface area contributed by atoms with Crippen LogP contribution in [0.3, 0.4) is 0 Å². The molecule has 2 aliphatic carbocycles. The molecule has 0 bridgehead atoms. The first-order valence-corrected chi connectivity index (χ1v) is 13.5. The van der Waals surface area contributed by atoms with Gasteiger partial charge in [0.15, 0.2) is 0 Å². The van der Waals surface area contributed by atoms with E-state index in [1.807, 2.05) is 30.5 Å². The zero-order chi connectivity index (χ0) is 24.8. The Hall–Kier alpha value is -3.00. The number of nitrogens with one attached hydrogen (secondary N) is 1. The lowest BCUT2D eigenvalue weighted by Gasteiger charge is -2.22. The molecule has 0 spiro atoms. The number of carbonyl (C=O) groups is 3. The number of amides is 2. The molecule has 4 rings (SSSR count). The van der Waals surface area contributed by atoms with Crippen LogP contribution in [0, 0.1) is 5.92 Å². The predicted molar refractivity (Wildman–Crippen MR) is 137 cm³/mol. The van der Waals surface area contributed by atoms with Crippen LogP contribution in [0.15, 0.2) is 48.5 Å². The van der Waals surface area contributed by atoms with Crippen LogP contribution in [-0.2, 0) is 14.3 Å². The Bertz CT molecular complexity index is 1030. The molecule has 0 saturated heterocycles. The fourth-order valence-electron chi connectivity index (χ4n) is 5.23. The van der Waals surface area contributed by atoms with E-state index in [9.17, 15) is 14.4 Å². The van der Waals surface area contributed by atoms with Gasteiger partial charge < -0.3 is 20.1 Å². The number of nitrogens with zero attached hydrogens (tertiary/aromatic N) is 1. The maximum Gasteiger partial charge on any atom is 0.407 e. The Balaban J connectivity index is 1.26. The van der Waals surface area contributed by atoms with Crippen molar-refractivity contribution in [2.75, 3.05) is 31.7 Å². The summed E-state index contributed by atoms with van der Waals surface area (Å²) in [5.74, 6) is -0.278. The molecule has 2 N–H and O–H groups in total. The summed E-state index contributed by atoms with van der Waals surface area (Å²) >= 11 is 1.58. The maximum absolute atomic E-state index is 12.7. The molecule has 8 heteroatoms. The molecule has 0 aliphatic heterocycles. The van der Waals surface area contributed by atoms with Crippen LogP contribution in [0.4, 0.5) is 4.79 Å². The molecule has 186 valence electrons.